The maximum Gasteiger partial charge on any atom is 0.160 e. The molecule has 0 amide bonds. The number of aliphatic imine (C=N–C) groups is 1. The highest BCUT2D eigenvalue weighted by Gasteiger charge is 2.25. The zero-order valence-electron chi connectivity index (χ0n) is 17.5. The van der Waals surface area contributed by atoms with Gasteiger partial charge in [-0.15, -0.1) is 46.3 Å². The lowest BCUT2D eigenvalue weighted by molar-refractivity contribution is 0.370. The van der Waals surface area contributed by atoms with Crippen LogP contribution in [-0.4, -0.2) is 27.1 Å². The minimum Gasteiger partial charge on any atom is -0.481 e. The normalized spacial score (nSPS) is 11.4. The lowest BCUT2D eigenvalue weighted by Crippen LogP contribution is -2.05. The summed E-state index contributed by atoms with van der Waals surface area (Å²) in [7, 11) is 0. The molecule has 0 radical (unpaired) electrons. The standard InChI is InChI=1S/C24H17ClN4OS.2ClH/c1-16-27-28-22-15-26-23(19-11-5-6-12-21(19)25)20-14-18(31-24(20)29(16)22)10-7-13-30-17-8-3-2-4-9-17;;/h2-6,8-9,11-12,14H,13,15H2,1H3;2*1H. The average molecular weight is 518 g/mol. The third-order valence-corrected chi connectivity index (χ3v) is 6.20. The molecule has 0 saturated carbocycles. The van der Waals surface area contributed by atoms with Gasteiger partial charge in [0.05, 0.1) is 10.6 Å². The number of rotatable bonds is 3. The summed E-state index contributed by atoms with van der Waals surface area (Å²) >= 11 is 8.10. The summed E-state index contributed by atoms with van der Waals surface area (Å²) in [5.41, 5.74) is 2.72. The molecule has 0 atom stereocenters. The second-order valence-corrected chi connectivity index (χ2v) is 8.31. The van der Waals surface area contributed by atoms with Crippen LogP contribution >= 0.6 is 47.8 Å². The lowest BCUT2D eigenvalue weighted by atomic mass is 10.0. The summed E-state index contributed by atoms with van der Waals surface area (Å²) in [5, 5.41) is 10.2. The number of hydrogen-bond acceptors (Lipinski definition) is 5. The highest BCUT2D eigenvalue weighted by molar-refractivity contribution is 7.15. The molecule has 0 saturated heterocycles. The minimum atomic E-state index is 0. The van der Waals surface area contributed by atoms with E-state index in [1.807, 2.05) is 61.5 Å². The third-order valence-electron chi connectivity index (χ3n) is 4.84. The fourth-order valence-corrected chi connectivity index (χ4v) is 4.76. The van der Waals surface area contributed by atoms with Crippen LogP contribution in [0.1, 0.15) is 27.7 Å². The first-order valence-electron chi connectivity index (χ1n) is 9.72. The van der Waals surface area contributed by atoms with Crippen molar-refractivity contribution in [2.45, 2.75) is 13.5 Å². The second-order valence-electron chi connectivity index (χ2n) is 6.88. The van der Waals surface area contributed by atoms with Crippen molar-refractivity contribution in [3.8, 4) is 22.6 Å². The van der Waals surface area contributed by atoms with E-state index in [1.165, 1.54) is 0 Å². The van der Waals surface area contributed by atoms with Crippen LogP contribution < -0.4 is 4.74 Å². The van der Waals surface area contributed by atoms with Crippen molar-refractivity contribution in [2.75, 3.05) is 6.61 Å². The monoisotopic (exact) mass is 516 g/mol. The molecule has 4 aromatic rings. The molecule has 0 aliphatic carbocycles. The fourth-order valence-electron chi connectivity index (χ4n) is 3.43. The predicted octanol–water partition coefficient (Wildman–Crippen LogP) is 5.92. The van der Waals surface area contributed by atoms with Crippen LogP contribution in [0.15, 0.2) is 65.7 Å². The van der Waals surface area contributed by atoms with Gasteiger partial charge in [-0.1, -0.05) is 59.8 Å². The Morgan fingerprint density at radius 2 is 1.79 bits per heavy atom. The van der Waals surface area contributed by atoms with Gasteiger partial charge in [-0.2, -0.15) is 0 Å². The first-order chi connectivity index (χ1) is 15.2. The highest BCUT2D eigenvalue weighted by atomic mass is 35.5. The molecule has 168 valence electrons. The maximum atomic E-state index is 6.50. The summed E-state index contributed by atoms with van der Waals surface area (Å²) in [6, 6.07) is 19.5. The Morgan fingerprint density at radius 3 is 2.58 bits per heavy atom. The molecule has 0 bridgehead atoms. The van der Waals surface area contributed by atoms with E-state index in [2.05, 4.69) is 32.7 Å². The van der Waals surface area contributed by atoms with E-state index in [4.69, 9.17) is 21.3 Å². The largest absolute Gasteiger partial charge is 0.481 e. The van der Waals surface area contributed by atoms with Crippen LogP contribution in [0, 0.1) is 18.8 Å². The quantitative estimate of drug-likeness (QED) is 0.317. The van der Waals surface area contributed by atoms with Gasteiger partial charge in [0, 0.05) is 16.1 Å². The molecule has 3 heterocycles. The Bertz CT molecular complexity index is 1350. The number of fused-ring (bicyclic) bond motifs is 3. The number of aromatic nitrogens is 3. The topological polar surface area (TPSA) is 52.3 Å². The number of para-hydroxylation sites is 1. The Morgan fingerprint density at radius 1 is 1.03 bits per heavy atom. The number of hydrogen-bond donors (Lipinski definition) is 0. The molecule has 5 nitrogen and oxygen atoms in total. The van der Waals surface area contributed by atoms with Gasteiger partial charge < -0.3 is 4.74 Å². The van der Waals surface area contributed by atoms with Gasteiger partial charge in [0.25, 0.3) is 0 Å². The van der Waals surface area contributed by atoms with Gasteiger partial charge in [0.2, 0.25) is 0 Å². The van der Waals surface area contributed by atoms with E-state index in [1.54, 1.807) is 11.3 Å². The minimum absolute atomic E-state index is 0. The molecule has 33 heavy (non-hydrogen) atoms. The van der Waals surface area contributed by atoms with Crippen molar-refractivity contribution in [3.63, 3.8) is 0 Å². The van der Waals surface area contributed by atoms with Crippen molar-refractivity contribution < 1.29 is 4.74 Å². The molecule has 2 aromatic heterocycles. The Balaban J connectivity index is 0.00000153. The highest BCUT2D eigenvalue weighted by Crippen LogP contribution is 2.34. The molecule has 0 unspecified atom stereocenters. The maximum absolute atomic E-state index is 6.50. The van der Waals surface area contributed by atoms with Crippen LogP contribution in [0.25, 0.3) is 5.00 Å². The summed E-state index contributed by atoms with van der Waals surface area (Å²) in [4.78, 5) is 5.76. The third kappa shape index (κ3) is 5.07. The predicted molar refractivity (Wildman–Crippen MR) is 138 cm³/mol. The smallest absolute Gasteiger partial charge is 0.160 e. The van der Waals surface area contributed by atoms with Crippen LogP contribution in [0.4, 0.5) is 0 Å². The molecular weight excluding hydrogens is 499 g/mol. The van der Waals surface area contributed by atoms with Gasteiger partial charge in [-0.3, -0.25) is 9.56 Å². The van der Waals surface area contributed by atoms with Gasteiger partial charge in [0.1, 0.15) is 29.7 Å². The first-order valence-corrected chi connectivity index (χ1v) is 10.9. The number of thiophene rings is 1. The molecule has 0 N–H and O–H groups in total. The van der Waals surface area contributed by atoms with Crippen LogP contribution in [0.3, 0.4) is 0 Å². The van der Waals surface area contributed by atoms with Crippen molar-refractivity contribution in [1.29, 1.82) is 0 Å². The zero-order chi connectivity index (χ0) is 21.2. The summed E-state index contributed by atoms with van der Waals surface area (Å²) in [6.07, 6.45) is 0. The molecule has 2 aromatic carbocycles. The van der Waals surface area contributed by atoms with Gasteiger partial charge in [-0.25, -0.2) is 0 Å². The Hall–Kier alpha value is -2.82. The van der Waals surface area contributed by atoms with Crippen LogP contribution in [0.2, 0.25) is 5.02 Å². The summed E-state index contributed by atoms with van der Waals surface area (Å²) < 4.78 is 7.74. The molecule has 5 rings (SSSR count). The fraction of sp³-hybridized carbons (Fsp3) is 0.125. The Labute approximate surface area is 213 Å². The molecular formula is C24H19Cl3N4OS. The van der Waals surface area contributed by atoms with Crippen molar-refractivity contribution in [1.82, 2.24) is 14.8 Å². The van der Waals surface area contributed by atoms with Gasteiger partial charge >= 0.3 is 0 Å². The molecule has 1 aliphatic heterocycles. The van der Waals surface area contributed by atoms with E-state index < -0.39 is 0 Å². The van der Waals surface area contributed by atoms with Crippen molar-refractivity contribution in [3.05, 3.63) is 93.3 Å². The van der Waals surface area contributed by atoms with E-state index in [-0.39, 0.29) is 24.8 Å². The van der Waals surface area contributed by atoms with E-state index in [0.717, 1.165) is 44.1 Å². The number of nitrogens with zero attached hydrogens (tertiary/aromatic N) is 4. The number of benzene rings is 2. The van der Waals surface area contributed by atoms with E-state index in [9.17, 15) is 0 Å². The van der Waals surface area contributed by atoms with Gasteiger partial charge in [0.15, 0.2) is 5.82 Å². The van der Waals surface area contributed by atoms with Crippen molar-refractivity contribution in [2.24, 2.45) is 4.99 Å². The van der Waals surface area contributed by atoms with Crippen LogP contribution in [0.5, 0.6) is 5.75 Å². The van der Waals surface area contributed by atoms with Crippen LogP contribution in [-0.2, 0) is 6.54 Å². The summed E-state index contributed by atoms with van der Waals surface area (Å²) in [5.74, 6) is 8.75. The second kappa shape index (κ2) is 10.9. The van der Waals surface area contributed by atoms with E-state index in [0.29, 0.717) is 18.2 Å². The number of halogens is 3. The van der Waals surface area contributed by atoms with E-state index >= 15 is 0 Å². The number of aryl methyl sites for hydroxylation is 1. The summed E-state index contributed by atoms with van der Waals surface area (Å²) in [6.45, 7) is 2.70. The molecule has 0 fully saturated rings. The molecule has 9 heteroatoms. The first kappa shape index (κ1) is 24.8. The van der Waals surface area contributed by atoms with Gasteiger partial charge in [-0.05, 0) is 31.2 Å². The Kier molecular flexibility index (Phi) is 8.17. The zero-order valence-corrected chi connectivity index (χ0v) is 20.7. The lowest BCUT2D eigenvalue weighted by Gasteiger charge is -2.08. The molecule has 1 aliphatic rings. The number of ether oxygens (including phenoxy) is 1. The average Bonchev–Trinajstić information content (AvgIpc) is 3.32. The SMILES string of the molecule is Cc1nnc2n1-c1sc(C#CCOc3ccccc3)cc1C(c1ccccc1Cl)=NC2.Cl.Cl. The van der Waals surface area contributed by atoms with Crippen molar-refractivity contribution >= 4 is 53.5 Å². The molecule has 0 spiro atoms.